The molecule has 0 unspecified atom stereocenters. The fraction of sp³-hybridized carbons (Fsp3) is 0.619. The highest BCUT2D eigenvalue weighted by Gasteiger charge is 2.45. The second-order valence-electron chi connectivity index (χ2n) is 8.16. The number of phenols is 1. The lowest BCUT2D eigenvalue weighted by Crippen LogP contribution is -2.45. The second kappa shape index (κ2) is 6.44. The number of allylic oxidation sites excluding steroid dienone is 2. The van der Waals surface area contributed by atoms with Gasteiger partial charge < -0.3 is 14.9 Å². The minimum absolute atomic E-state index is 0.223. The molecule has 2 aliphatic rings. The summed E-state index contributed by atoms with van der Waals surface area (Å²) >= 11 is 0. The van der Waals surface area contributed by atoms with E-state index in [2.05, 4.69) is 32.9 Å². The summed E-state index contributed by atoms with van der Waals surface area (Å²) in [6.45, 7) is 8.33. The van der Waals surface area contributed by atoms with E-state index in [-0.39, 0.29) is 17.6 Å². The molecule has 132 valence electrons. The number of benzene rings is 1. The molecule has 0 bridgehead atoms. The predicted octanol–water partition coefficient (Wildman–Crippen LogP) is 4.71. The average molecular weight is 330 g/mol. The number of aromatic hydroxyl groups is 1. The van der Waals surface area contributed by atoms with Crippen LogP contribution < -0.4 is 4.74 Å². The zero-order valence-electron chi connectivity index (χ0n) is 15.3. The largest absolute Gasteiger partial charge is 0.507 e. The quantitative estimate of drug-likeness (QED) is 0.786. The van der Waals surface area contributed by atoms with Gasteiger partial charge in [0.05, 0.1) is 6.10 Å². The zero-order valence-corrected chi connectivity index (χ0v) is 15.3. The SMILES string of the molecule is CC1=C[C@H]2c3c(O)cc(CCC[C@H](C)O)cc3OC(C)(C)[C@@H]2CC1. The van der Waals surface area contributed by atoms with Crippen molar-refractivity contribution in [3.8, 4) is 11.5 Å². The Bertz CT molecular complexity index is 643. The van der Waals surface area contributed by atoms with Crippen LogP contribution in [0.5, 0.6) is 11.5 Å². The molecule has 1 aromatic carbocycles. The Labute approximate surface area is 145 Å². The van der Waals surface area contributed by atoms with Crippen LogP contribution in [0.3, 0.4) is 0 Å². The van der Waals surface area contributed by atoms with Gasteiger partial charge in [-0.3, -0.25) is 0 Å². The molecular weight excluding hydrogens is 300 g/mol. The maximum absolute atomic E-state index is 10.7. The maximum Gasteiger partial charge on any atom is 0.127 e. The predicted molar refractivity (Wildman–Crippen MR) is 96.7 cm³/mol. The normalized spacial score (nSPS) is 26.0. The minimum Gasteiger partial charge on any atom is -0.507 e. The van der Waals surface area contributed by atoms with Gasteiger partial charge in [0.2, 0.25) is 0 Å². The van der Waals surface area contributed by atoms with Crippen molar-refractivity contribution in [3.63, 3.8) is 0 Å². The van der Waals surface area contributed by atoms with Crippen molar-refractivity contribution in [1.82, 2.24) is 0 Å². The van der Waals surface area contributed by atoms with Crippen LogP contribution in [0, 0.1) is 5.92 Å². The van der Waals surface area contributed by atoms with Crippen molar-refractivity contribution in [1.29, 1.82) is 0 Å². The van der Waals surface area contributed by atoms with Crippen LogP contribution in [0.4, 0.5) is 0 Å². The summed E-state index contributed by atoms with van der Waals surface area (Å²) in [6.07, 6.45) is 6.79. The standard InChI is InChI=1S/C21H30O3/c1-13-8-9-17-16(10-13)20-18(23)11-15(7-5-6-14(2)22)12-19(20)24-21(17,3)4/h10-12,14,16-17,22-23H,5-9H2,1-4H3/t14-,16+,17+/m0/s1. The van der Waals surface area contributed by atoms with E-state index in [1.807, 2.05) is 13.0 Å². The van der Waals surface area contributed by atoms with Crippen molar-refractivity contribution in [2.75, 3.05) is 0 Å². The van der Waals surface area contributed by atoms with Gasteiger partial charge in [0.15, 0.2) is 0 Å². The van der Waals surface area contributed by atoms with E-state index < -0.39 is 0 Å². The first-order valence-corrected chi connectivity index (χ1v) is 9.18. The Hall–Kier alpha value is -1.48. The van der Waals surface area contributed by atoms with Gasteiger partial charge in [-0.15, -0.1) is 0 Å². The van der Waals surface area contributed by atoms with Gasteiger partial charge in [0.25, 0.3) is 0 Å². The molecule has 1 aliphatic carbocycles. The monoisotopic (exact) mass is 330 g/mol. The molecule has 2 N–H and O–H groups in total. The molecule has 0 spiro atoms. The Balaban J connectivity index is 1.94. The highest BCUT2D eigenvalue weighted by Crippen LogP contribution is 2.53. The Kier molecular flexibility index (Phi) is 4.65. The molecule has 3 atom stereocenters. The Morgan fingerprint density at radius 1 is 1.33 bits per heavy atom. The lowest BCUT2D eigenvalue weighted by atomic mass is 9.68. The van der Waals surface area contributed by atoms with Crippen molar-refractivity contribution in [3.05, 3.63) is 34.9 Å². The number of ether oxygens (including phenoxy) is 1. The van der Waals surface area contributed by atoms with Gasteiger partial charge in [0, 0.05) is 17.4 Å². The van der Waals surface area contributed by atoms with Crippen LogP contribution in [0.2, 0.25) is 0 Å². The minimum atomic E-state index is -0.275. The molecule has 0 radical (unpaired) electrons. The molecule has 3 heteroatoms. The third-order valence-corrected chi connectivity index (χ3v) is 5.61. The Morgan fingerprint density at radius 3 is 2.79 bits per heavy atom. The van der Waals surface area contributed by atoms with E-state index in [9.17, 15) is 10.2 Å². The third kappa shape index (κ3) is 3.32. The summed E-state index contributed by atoms with van der Waals surface area (Å²) in [4.78, 5) is 0. The number of phenolic OH excluding ortho intramolecular Hbond substituents is 1. The van der Waals surface area contributed by atoms with Gasteiger partial charge in [0.1, 0.15) is 17.1 Å². The van der Waals surface area contributed by atoms with Gasteiger partial charge in [-0.1, -0.05) is 11.6 Å². The maximum atomic E-state index is 10.7. The van der Waals surface area contributed by atoms with E-state index >= 15 is 0 Å². The number of hydrogen-bond acceptors (Lipinski definition) is 3. The first kappa shape index (κ1) is 17.3. The lowest BCUT2D eigenvalue weighted by molar-refractivity contribution is 0.0107. The molecule has 1 aromatic rings. The van der Waals surface area contributed by atoms with Crippen molar-refractivity contribution < 1.29 is 14.9 Å². The number of aliphatic hydroxyl groups is 1. The molecule has 0 fully saturated rings. The van der Waals surface area contributed by atoms with Gasteiger partial charge in [-0.2, -0.15) is 0 Å². The molecule has 0 saturated heterocycles. The number of aliphatic hydroxyl groups excluding tert-OH is 1. The van der Waals surface area contributed by atoms with E-state index in [1.54, 1.807) is 0 Å². The summed E-state index contributed by atoms with van der Waals surface area (Å²) in [5.74, 6) is 1.83. The molecule has 0 aromatic heterocycles. The van der Waals surface area contributed by atoms with Gasteiger partial charge >= 0.3 is 0 Å². The van der Waals surface area contributed by atoms with E-state index in [4.69, 9.17) is 4.74 Å². The van der Waals surface area contributed by atoms with Crippen LogP contribution in [-0.2, 0) is 6.42 Å². The van der Waals surface area contributed by atoms with Gasteiger partial charge in [-0.25, -0.2) is 0 Å². The first-order chi connectivity index (χ1) is 11.3. The van der Waals surface area contributed by atoms with Crippen LogP contribution >= 0.6 is 0 Å². The van der Waals surface area contributed by atoms with E-state index in [0.29, 0.717) is 11.7 Å². The molecule has 0 saturated carbocycles. The number of rotatable bonds is 4. The van der Waals surface area contributed by atoms with Crippen LogP contribution in [0.25, 0.3) is 0 Å². The van der Waals surface area contributed by atoms with Crippen LogP contribution in [-0.4, -0.2) is 21.9 Å². The number of aryl methyl sites for hydroxylation is 1. The van der Waals surface area contributed by atoms with Crippen molar-refractivity contribution in [2.45, 2.75) is 77.4 Å². The molecule has 3 nitrogen and oxygen atoms in total. The topological polar surface area (TPSA) is 49.7 Å². The summed E-state index contributed by atoms with van der Waals surface area (Å²) in [7, 11) is 0. The van der Waals surface area contributed by atoms with E-state index in [1.165, 1.54) is 5.57 Å². The van der Waals surface area contributed by atoms with Crippen molar-refractivity contribution >= 4 is 0 Å². The summed E-state index contributed by atoms with van der Waals surface area (Å²) < 4.78 is 6.33. The molecule has 1 heterocycles. The Morgan fingerprint density at radius 2 is 2.08 bits per heavy atom. The fourth-order valence-electron chi connectivity index (χ4n) is 4.33. The third-order valence-electron chi connectivity index (χ3n) is 5.61. The molecule has 3 rings (SSSR count). The number of hydrogen-bond donors (Lipinski definition) is 2. The highest BCUT2D eigenvalue weighted by molar-refractivity contribution is 5.53. The zero-order chi connectivity index (χ0) is 17.5. The van der Waals surface area contributed by atoms with Gasteiger partial charge in [-0.05, 0) is 77.5 Å². The summed E-state index contributed by atoms with van der Waals surface area (Å²) in [5, 5.41) is 20.1. The fourth-order valence-corrected chi connectivity index (χ4v) is 4.33. The smallest absolute Gasteiger partial charge is 0.127 e. The second-order valence-corrected chi connectivity index (χ2v) is 8.16. The van der Waals surface area contributed by atoms with Crippen LogP contribution in [0.15, 0.2) is 23.8 Å². The first-order valence-electron chi connectivity index (χ1n) is 9.18. The summed E-state index contributed by atoms with van der Waals surface area (Å²) in [6, 6.07) is 3.98. The average Bonchev–Trinajstić information content (AvgIpc) is 2.45. The van der Waals surface area contributed by atoms with E-state index in [0.717, 1.165) is 49.0 Å². The van der Waals surface area contributed by atoms with Crippen molar-refractivity contribution in [2.24, 2.45) is 5.92 Å². The molecule has 24 heavy (non-hydrogen) atoms. The molecular formula is C21H30O3. The van der Waals surface area contributed by atoms with Crippen LogP contribution in [0.1, 0.15) is 70.4 Å². The molecule has 1 aliphatic heterocycles. The highest BCUT2D eigenvalue weighted by atomic mass is 16.5. The molecule has 0 amide bonds. The summed E-state index contributed by atoms with van der Waals surface area (Å²) in [5.41, 5.74) is 3.22. The number of fused-ring (bicyclic) bond motifs is 3. The lowest BCUT2D eigenvalue weighted by Gasteiger charge is -2.46.